The van der Waals surface area contributed by atoms with Gasteiger partial charge in [-0.3, -0.25) is 0 Å². The van der Waals surface area contributed by atoms with Crippen LogP contribution in [0.5, 0.6) is 0 Å². The molecular weight excluding hydrogens is 459 g/mol. The van der Waals surface area contributed by atoms with E-state index >= 15 is 0 Å². The topological polar surface area (TPSA) is 54.2 Å². The van der Waals surface area contributed by atoms with Crippen molar-refractivity contribution < 1.29 is 8.91 Å². The van der Waals surface area contributed by atoms with Gasteiger partial charge in [-0.15, -0.1) is 0 Å². The molecule has 0 bridgehead atoms. The van der Waals surface area contributed by atoms with Crippen LogP contribution in [-0.4, -0.2) is 20.2 Å². The molecule has 7 heteroatoms. The number of allylic oxidation sites excluding steroid dienone is 1. The molecule has 0 aliphatic carbocycles. The Balaban J connectivity index is 1.59. The first-order valence-electron chi connectivity index (χ1n) is 11.4. The van der Waals surface area contributed by atoms with E-state index in [2.05, 4.69) is 77.8 Å². The predicted molar refractivity (Wildman–Crippen MR) is 139 cm³/mol. The van der Waals surface area contributed by atoms with Crippen molar-refractivity contribution in [1.82, 2.24) is 20.4 Å². The largest absolute Gasteiger partial charge is 0.351 e. The van der Waals surface area contributed by atoms with Crippen LogP contribution in [0.1, 0.15) is 41.1 Å². The van der Waals surface area contributed by atoms with E-state index in [1.807, 2.05) is 11.8 Å². The third-order valence-corrected chi connectivity index (χ3v) is 6.55. The fourth-order valence-corrected chi connectivity index (χ4v) is 4.53. The fraction of sp³-hybridized carbons (Fsp3) is 0.179. The normalized spacial score (nSPS) is 15.9. The van der Waals surface area contributed by atoms with Crippen molar-refractivity contribution in [3.05, 3.63) is 112 Å². The van der Waals surface area contributed by atoms with E-state index < -0.39 is 0 Å². The van der Waals surface area contributed by atoms with Gasteiger partial charge in [0, 0.05) is 17.8 Å². The molecule has 1 atom stereocenters. The van der Waals surface area contributed by atoms with Crippen molar-refractivity contribution in [2.24, 2.45) is 0 Å². The quantitative estimate of drug-likeness (QED) is 0.333. The van der Waals surface area contributed by atoms with Gasteiger partial charge in [-0.2, -0.15) is 4.98 Å². The smallest absolute Gasteiger partial charge is 0.258 e. The highest BCUT2D eigenvalue weighted by Crippen LogP contribution is 2.38. The van der Waals surface area contributed by atoms with Crippen LogP contribution in [0.15, 0.2) is 83.0 Å². The van der Waals surface area contributed by atoms with Gasteiger partial charge < -0.3 is 14.7 Å². The van der Waals surface area contributed by atoms with E-state index in [1.165, 1.54) is 23.3 Å². The van der Waals surface area contributed by atoms with Crippen molar-refractivity contribution in [3.63, 3.8) is 0 Å². The molecule has 1 aliphatic heterocycles. The molecular formula is C28H25FN4OS. The van der Waals surface area contributed by atoms with E-state index in [9.17, 15) is 4.39 Å². The van der Waals surface area contributed by atoms with E-state index in [0.717, 1.165) is 22.4 Å². The number of thiocarbonyl (C=S) groups is 1. The minimum Gasteiger partial charge on any atom is -0.351 e. The molecule has 1 aromatic heterocycles. The first kappa shape index (κ1) is 22.9. The maximum atomic E-state index is 13.8. The van der Waals surface area contributed by atoms with Crippen molar-refractivity contribution in [2.45, 2.75) is 33.4 Å². The highest BCUT2D eigenvalue weighted by molar-refractivity contribution is 7.80. The van der Waals surface area contributed by atoms with Gasteiger partial charge in [0.05, 0.1) is 11.6 Å². The summed E-state index contributed by atoms with van der Waals surface area (Å²) in [7, 11) is 0. The molecule has 0 fully saturated rings. The van der Waals surface area contributed by atoms with Crippen molar-refractivity contribution in [3.8, 4) is 11.4 Å². The number of benzene rings is 3. The molecule has 0 amide bonds. The predicted octanol–water partition coefficient (Wildman–Crippen LogP) is 6.36. The summed E-state index contributed by atoms with van der Waals surface area (Å²) in [6.07, 6.45) is 0. The summed E-state index contributed by atoms with van der Waals surface area (Å²) in [6, 6.07) is 22.6. The second kappa shape index (κ2) is 9.43. The summed E-state index contributed by atoms with van der Waals surface area (Å²) >= 11 is 5.80. The minimum absolute atomic E-state index is 0.266. The minimum atomic E-state index is -0.351. The number of rotatable bonds is 5. The first-order valence-corrected chi connectivity index (χ1v) is 11.8. The van der Waals surface area contributed by atoms with Crippen LogP contribution in [0.3, 0.4) is 0 Å². The molecule has 0 saturated carbocycles. The standard InChI is InChI=1S/C28H25FN4OS/c1-17-7-11-20(12-8-17)16-33-19(3)24(25(30-28(33)35)21-13-9-18(2)10-14-21)27-31-26(32-34-27)22-5-4-6-23(29)15-22/h4-15,25H,16H2,1-3H3,(H,30,35). The number of nitrogens with one attached hydrogen (secondary N) is 1. The SMILES string of the molecule is CC1=C(c2nc(-c3cccc(F)c3)no2)C(c2ccc(C)cc2)NC(=S)N1Cc1ccc(C)cc1. The molecule has 3 aromatic carbocycles. The Morgan fingerprint density at radius 3 is 2.34 bits per heavy atom. The zero-order valence-corrected chi connectivity index (χ0v) is 20.6. The van der Waals surface area contributed by atoms with Gasteiger partial charge in [0.15, 0.2) is 5.11 Å². The zero-order chi connectivity index (χ0) is 24.5. The first-order chi connectivity index (χ1) is 16.9. The summed E-state index contributed by atoms with van der Waals surface area (Å²) in [5.41, 5.74) is 6.86. The van der Waals surface area contributed by atoms with E-state index in [1.54, 1.807) is 12.1 Å². The van der Waals surface area contributed by atoms with Crippen LogP contribution < -0.4 is 5.32 Å². The van der Waals surface area contributed by atoms with E-state index in [0.29, 0.717) is 28.9 Å². The molecule has 2 heterocycles. The maximum absolute atomic E-state index is 13.8. The Labute approximate surface area is 209 Å². The maximum Gasteiger partial charge on any atom is 0.258 e. The monoisotopic (exact) mass is 484 g/mol. The van der Waals surface area contributed by atoms with Gasteiger partial charge in [-0.1, -0.05) is 76.9 Å². The van der Waals surface area contributed by atoms with Crippen LogP contribution >= 0.6 is 12.2 Å². The second-order valence-electron chi connectivity index (χ2n) is 8.80. The molecule has 4 aromatic rings. The number of aryl methyl sites for hydroxylation is 2. The van der Waals surface area contributed by atoms with E-state index in [4.69, 9.17) is 16.7 Å². The Bertz CT molecular complexity index is 1410. The summed E-state index contributed by atoms with van der Waals surface area (Å²) < 4.78 is 19.5. The molecule has 5 nitrogen and oxygen atoms in total. The van der Waals surface area contributed by atoms with Crippen LogP contribution in [0, 0.1) is 19.7 Å². The lowest BCUT2D eigenvalue weighted by atomic mass is 9.94. The Morgan fingerprint density at radius 1 is 0.971 bits per heavy atom. The van der Waals surface area contributed by atoms with Gasteiger partial charge in [0.1, 0.15) is 5.82 Å². The third kappa shape index (κ3) is 4.72. The second-order valence-corrected chi connectivity index (χ2v) is 9.18. The van der Waals surface area contributed by atoms with Crippen molar-refractivity contribution >= 4 is 22.9 Å². The number of halogens is 1. The summed E-state index contributed by atoms with van der Waals surface area (Å²) in [6.45, 7) is 6.74. The van der Waals surface area contributed by atoms with Crippen LogP contribution in [-0.2, 0) is 6.54 Å². The van der Waals surface area contributed by atoms with Gasteiger partial charge >= 0.3 is 0 Å². The van der Waals surface area contributed by atoms with Gasteiger partial charge in [-0.25, -0.2) is 4.39 Å². The molecule has 5 rings (SSSR count). The summed E-state index contributed by atoms with van der Waals surface area (Å²) in [4.78, 5) is 6.70. The molecule has 1 unspecified atom stereocenters. The van der Waals surface area contributed by atoms with Crippen LogP contribution in [0.25, 0.3) is 17.0 Å². The lowest BCUT2D eigenvalue weighted by Gasteiger charge is -2.37. The molecule has 35 heavy (non-hydrogen) atoms. The van der Waals surface area contributed by atoms with Gasteiger partial charge in [-0.05, 0) is 56.2 Å². The molecule has 1 aliphatic rings. The fourth-order valence-electron chi connectivity index (χ4n) is 4.21. The highest BCUT2D eigenvalue weighted by Gasteiger charge is 2.34. The third-order valence-electron chi connectivity index (χ3n) is 6.21. The van der Waals surface area contributed by atoms with Crippen LogP contribution in [0.2, 0.25) is 0 Å². The Morgan fingerprint density at radius 2 is 1.66 bits per heavy atom. The molecule has 1 N–H and O–H groups in total. The number of aromatic nitrogens is 2. The molecule has 176 valence electrons. The van der Waals surface area contributed by atoms with Gasteiger partial charge in [0.25, 0.3) is 5.89 Å². The van der Waals surface area contributed by atoms with E-state index in [-0.39, 0.29) is 11.9 Å². The lowest BCUT2D eigenvalue weighted by molar-refractivity contribution is 0.396. The zero-order valence-electron chi connectivity index (χ0n) is 19.7. The van der Waals surface area contributed by atoms with Crippen molar-refractivity contribution in [2.75, 3.05) is 0 Å². The highest BCUT2D eigenvalue weighted by atomic mass is 32.1. The Kier molecular flexibility index (Phi) is 6.17. The lowest BCUT2D eigenvalue weighted by Crippen LogP contribution is -2.45. The number of hydrogen-bond acceptors (Lipinski definition) is 4. The number of hydrogen-bond donors (Lipinski definition) is 1. The average molecular weight is 485 g/mol. The summed E-state index contributed by atoms with van der Waals surface area (Å²) in [5, 5.41) is 8.26. The van der Waals surface area contributed by atoms with Gasteiger partial charge in [0.2, 0.25) is 5.82 Å². The summed E-state index contributed by atoms with van der Waals surface area (Å²) in [5.74, 6) is 0.354. The molecule has 0 saturated heterocycles. The molecule has 0 spiro atoms. The Hall–Kier alpha value is -3.84. The number of nitrogens with zero attached hydrogens (tertiary/aromatic N) is 3. The molecule has 0 radical (unpaired) electrons. The van der Waals surface area contributed by atoms with Crippen LogP contribution in [0.4, 0.5) is 4.39 Å². The van der Waals surface area contributed by atoms with Crippen molar-refractivity contribution in [1.29, 1.82) is 0 Å². The average Bonchev–Trinajstić information content (AvgIpc) is 3.33.